The molecule has 1 aliphatic carbocycles. The van der Waals surface area contributed by atoms with Crippen molar-refractivity contribution >= 4 is 23.5 Å². The first-order valence-corrected chi connectivity index (χ1v) is 14.8. The predicted octanol–water partition coefficient (Wildman–Crippen LogP) is 6.32. The summed E-state index contributed by atoms with van der Waals surface area (Å²) < 4.78 is 30.9. The first-order valence-electron chi connectivity index (χ1n) is 13.8. The number of piperazine rings is 1. The smallest absolute Gasteiger partial charge is 0.225 e. The van der Waals surface area contributed by atoms with Gasteiger partial charge in [0.2, 0.25) is 5.91 Å². The zero-order chi connectivity index (χ0) is 26.0. The minimum absolute atomic E-state index is 0.0170. The fraction of sp³-hybridized carbons (Fsp3) is 0.586. The van der Waals surface area contributed by atoms with Gasteiger partial charge in [-0.2, -0.15) is 0 Å². The second kappa shape index (κ2) is 14.2. The first-order chi connectivity index (χ1) is 18.0. The molecule has 1 saturated carbocycles. The quantitative estimate of drug-likeness (QED) is 0.333. The monoisotopic (exact) mass is 530 g/mol. The highest BCUT2D eigenvalue weighted by molar-refractivity contribution is 7.97. The second-order valence-electron chi connectivity index (χ2n) is 10.3. The molecule has 5 nitrogen and oxygen atoms in total. The molecule has 37 heavy (non-hydrogen) atoms. The molecule has 1 aromatic heterocycles. The minimum Gasteiger partial charge on any atom is -0.324 e. The first kappa shape index (κ1) is 28.0. The SMILES string of the molecule is CCCSN1CCNC[C@@H]1CCc1c(F)cncc1NC(=O)C[C@@H](c1ccc(F)cc1)C1CCCCC1. The molecule has 4 rings (SSSR count). The van der Waals surface area contributed by atoms with Gasteiger partial charge in [0.15, 0.2) is 0 Å². The maximum Gasteiger partial charge on any atom is 0.225 e. The number of carbonyl (C=O) groups is 1. The van der Waals surface area contributed by atoms with E-state index in [1.807, 2.05) is 11.9 Å². The molecular formula is C29H40F2N4OS. The van der Waals surface area contributed by atoms with Crippen LogP contribution in [0.4, 0.5) is 14.5 Å². The largest absolute Gasteiger partial charge is 0.324 e. The van der Waals surface area contributed by atoms with E-state index in [9.17, 15) is 13.6 Å². The number of pyridine rings is 1. The maximum absolute atomic E-state index is 14.9. The van der Waals surface area contributed by atoms with E-state index in [0.717, 1.165) is 69.5 Å². The van der Waals surface area contributed by atoms with Crippen LogP contribution in [-0.4, -0.2) is 46.6 Å². The van der Waals surface area contributed by atoms with E-state index < -0.39 is 0 Å². The number of anilines is 1. The standard InChI is InChI=1S/C29H40F2N4OS/c1-2-16-37-35-15-14-32-18-24(35)12-13-25-27(31)19-33-20-28(25)34-29(36)17-26(21-6-4-3-5-7-21)22-8-10-23(30)11-9-22/h8-11,19-21,24,26,32H,2-7,12-18H2,1H3,(H,34,36)/t24-,26+/m0/s1. The Morgan fingerprint density at radius 1 is 1.19 bits per heavy atom. The van der Waals surface area contributed by atoms with Gasteiger partial charge in [-0.1, -0.05) is 50.3 Å². The van der Waals surface area contributed by atoms with Crippen LogP contribution in [0.3, 0.4) is 0 Å². The zero-order valence-corrected chi connectivity index (χ0v) is 22.7. The molecule has 1 aliphatic heterocycles. The Bertz CT molecular complexity index is 1000. The van der Waals surface area contributed by atoms with E-state index >= 15 is 0 Å². The number of aromatic nitrogens is 1. The van der Waals surface area contributed by atoms with Crippen molar-refractivity contribution in [2.24, 2.45) is 5.92 Å². The highest BCUT2D eigenvalue weighted by atomic mass is 32.2. The van der Waals surface area contributed by atoms with Crippen LogP contribution in [0.2, 0.25) is 0 Å². The third kappa shape index (κ3) is 7.98. The number of nitrogens with zero attached hydrogens (tertiary/aromatic N) is 2. The lowest BCUT2D eigenvalue weighted by Crippen LogP contribution is -2.48. The molecule has 0 spiro atoms. The lowest BCUT2D eigenvalue weighted by Gasteiger charge is -2.35. The molecule has 0 radical (unpaired) electrons. The topological polar surface area (TPSA) is 57.3 Å². The van der Waals surface area contributed by atoms with Crippen molar-refractivity contribution in [3.63, 3.8) is 0 Å². The van der Waals surface area contributed by atoms with Crippen molar-refractivity contribution in [2.45, 2.75) is 76.7 Å². The summed E-state index contributed by atoms with van der Waals surface area (Å²) in [5, 5.41) is 6.44. The van der Waals surface area contributed by atoms with E-state index in [4.69, 9.17) is 0 Å². The van der Waals surface area contributed by atoms with Gasteiger partial charge < -0.3 is 10.6 Å². The molecule has 2 aromatic rings. The summed E-state index contributed by atoms with van der Waals surface area (Å²) in [6.07, 6.45) is 11.2. The summed E-state index contributed by atoms with van der Waals surface area (Å²) in [5.74, 6) is 0.692. The van der Waals surface area contributed by atoms with E-state index in [-0.39, 0.29) is 23.5 Å². The molecule has 2 aliphatic rings. The molecule has 2 N–H and O–H groups in total. The lowest BCUT2D eigenvalue weighted by molar-refractivity contribution is -0.116. The van der Waals surface area contributed by atoms with E-state index in [2.05, 4.69) is 26.8 Å². The normalized spacial score (nSPS) is 20.0. The number of halogens is 2. The average molecular weight is 531 g/mol. The van der Waals surface area contributed by atoms with Gasteiger partial charge in [-0.25, -0.2) is 13.1 Å². The van der Waals surface area contributed by atoms with Crippen LogP contribution in [0.15, 0.2) is 36.7 Å². The molecule has 202 valence electrons. The Morgan fingerprint density at radius 3 is 2.73 bits per heavy atom. The second-order valence-corrected chi connectivity index (χ2v) is 11.5. The highest BCUT2D eigenvalue weighted by Crippen LogP contribution is 2.38. The Kier molecular flexibility index (Phi) is 10.8. The van der Waals surface area contributed by atoms with Crippen molar-refractivity contribution in [2.75, 3.05) is 30.7 Å². The average Bonchev–Trinajstić information content (AvgIpc) is 2.92. The predicted molar refractivity (Wildman–Crippen MR) is 148 cm³/mol. The van der Waals surface area contributed by atoms with E-state index in [0.29, 0.717) is 36.1 Å². The zero-order valence-electron chi connectivity index (χ0n) is 21.9. The number of benzene rings is 1. The molecule has 2 heterocycles. The number of amides is 1. The summed E-state index contributed by atoms with van der Waals surface area (Å²) >= 11 is 1.87. The van der Waals surface area contributed by atoms with Crippen molar-refractivity contribution in [1.82, 2.24) is 14.6 Å². The molecular weight excluding hydrogens is 490 g/mol. The van der Waals surface area contributed by atoms with Crippen LogP contribution in [0.1, 0.15) is 75.3 Å². The van der Waals surface area contributed by atoms with Crippen LogP contribution < -0.4 is 10.6 Å². The molecule has 1 aromatic carbocycles. The van der Waals surface area contributed by atoms with Crippen molar-refractivity contribution in [3.8, 4) is 0 Å². The highest BCUT2D eigenvalue weighted by Gasteiger charge is 2.28. The van der Waals surface area contributed by atoms with Crippen LogP contribution in [-0.2, 0) is 11.2 Å². The third-order valence-electron chi connectivity index (χ3n) is 7.69. The summed E-state index contributed by atoms with van der Waals surface area (Å²) in [6.45, 7) is 5.00. The van der Waals surface area contributed by atoms with Crippen LogP contribution in [0.25, 0.3) is 0 Å². The van der Waals surface area contributed by atoms with Gasteiger partial charge in [0.05, 0.1) is 18.1 Å². The molecule has 1 amide bonds. The van der Waals surface area contributed by atoms with E-state index in [1.54, 1.807) is 18.3 Å². The van der Waals surface area contributed by atoms with Gasteiger partial charge in [-0.3, -0.25) is 9.78 Å². The van der Waals surface area contributed by atoms with Gasteiger partial charge in [-0.05, 0) is 61.6 Å². The van der Waals surface area contributed by atoms with Gasteiger partial charge >= 0.3 is 0 Å². The molecule has 2 atom stereocenters. The summed E-state index contributed by atoms with van der Waals surface area (Å²) in [4.78, 5) is 17.3. The van der Waals surface area contributed by atoms with Crippen LogP contribution in [0, 0.1) is 17.6 Å². The van der Waals surface area contributed by atoms with Crippen LogP contribution >= 0.6 is 11.9 Å². The van der Waals surface area contributed by atoms with Gasteiger partial charge in [0.25, 0.3) is 0 Å². The molecule has 0 unspecified atom stereocenters. The van der Waals surface area contributed by atoms with Crippen LogP contribution in [0.5, 0.6) is 0 Å². The van der Waals surface area contributed by atoms with E-state index in [1.165, 1.54) is 24.8 Å². The summed E-state index contributed by atoms with van der Waals surface area (Å²) in [6, 6.07) is 6.87. The Hall–Kier alpha value is -2.03. The number of carbonyl (C=O) groups excluding carboxylic acids is 1. The molecule has 0 bridgehead atoms. The van der Waals surface area contributed by atoms with Gasteiger partial charge in [-0.15, -0.1) is 0 Å². The van der Waals surface area contributed by atoms with Crippen molar-refractivity contribution in [3.05, 3.63) is 59.4 Å². The number of hydrogen-bond donors (Lipinski definition) is 2. The Morgan fingerprint density at radius 2 is 1.97 bits per heavy atom. The van der Waals surface area contributed by atoms with Gasteiger partial charge in [0, 0.05) is 43.4 Å². The maximum atomic E-state index is 14.9. The summed E-state index contributed by atoms with van der Waals surface area (Å²) in [7, 11) is 0. The minimum atomic E-state index is -0.378. The number of hydrogen-bond acceptors (Lipinski definition) is 5. The summed E-state index contributed by atoms with van der Waals surface area (Å²) in [5.41, 5.74) is 1.98. The van der Waals surface area contributed by atoms with Gasteiger partial charge in [0.1, 0.15) is 11.6 Å². The fourth-order valence-electron chi connectivity index (χ4n) is 5.71. The number of rotatable bonds is 11. The molecule has 1 saturated heterocycles. The lowest BCUT2D eigenvalue weighted by atomic mass is 9.75. The Balaban J connectivity index is 1.44. The molecule has 2 fully saturated rings. The Labute approximate surface area is 224 Å². The fourth-order valence-corrected chi connectivity index (χ4v) is 6.73. The third-order valence-corrected chi connectivity index (χ3v) is 9.09. The number of nitrogens with one attached hydrogen (secondary N) is 2. The van der Waals surface area contributed by atoms with Crippen molar-refractivity contribution < 1.29 is 13.6 Å². The van der Waals surface area contributed by atoms with Crippen molar-refractivity contribution in [1.29, 1.82) is 0 Å². The molecule has 8 heteroatoms.